The maximum absolute atomic E-state index is 12.8. The van der Waals surface area contributed by atoms with Gasteiger partial charge in [0.05, 0.1) is 24.9 Å². The number of methoxy groups -OCH3 is 1. The molecule has 2 aromatic carbocycles. The summed E-state index contributed by atoms with van der Waals surface area (Å²) in [4.78, 5) is 31.4. The summed E-state index contributed by atoms with van der Waals surface area (Å²) in [7, 11) is 1.55. The number of urea groups is 1. The van der Waals surface area contributed by atoms with Crippen LogP contribution in [-0.2, 0) is 17.6 Å². The number of nitrogens with zero attached hydrogens (tertiary/aromatic N) is 2. The van der Waals surface area contributed by atoms with Crippen LogP contribution in [0.15, 0.2) is 60.0 Å². The number of hydrogen-bond donors (Lipinski definition) is 2. The van der Waals surface area contributed by atoms with Crippen LogP contribution < -0.4 is 15.4 Å². The van der Waals surface area contributed by atoms with Gasteiger partial charge in [0.15, 0.2) is 5.13 Å². The molecule has 0 saturated carbocycles. The average molecular weight is 465 g/mol. The second-order valence-electron chi connectivity index (χ2n) is 8.11. The van der Waals surface area contributed by atoms with E-state index in [0.717, 1.165) is 32.4 Å². The fraction of sp³-hybridized carbons (Fsp3) is 0.320. The molecule has 0 bridgehead atoms. The minimum absolute atomic E-state index is 0.0866. The fourth-order valence-electron chi connectivity index (χ4n) is 4.04. The molecule has 8 heteroatoms. The Balaban J connectivity index is 1.24. The first-order valence-corrected chi connectivity index (χ1v) is 12.0. The molecule has 172 valence electrons. The van der Waals surface area contributed by atoms with Crippen molar-refractivity contribution in [2.75, 3.05) is 30.8 Å². The van der Waals surface area contributed by atoms with Crippen LogP contribution in [0.25, 0.3) is 0 Å². The zero-order valence-electron chi connectivity index (χ0n) is 18.6. The van der Waals surface area contributed by atoms with Gasteiger partial charge in [-0.05, 0) is 42.9 Å². The summed E-state index contributed by atoms with van der Waals surface area (Å²) in [5, 5.41) is 7.74. The Kier molecular flexibility index (Phi) is 7.57. The number of aromatic nitrogens is 1. The standard InChI is InChI=1S/C25H28N4O3S/c1-32-22-10-6-5-9-21(22)27-24(31)28-25-26-20(17-33-25)16-23(30)29-13-11-19(12-14-29)15-18-7-3-2-4-8-18/h2-10,17,19H,11-16H2,1H3,(H2,26,27,28,31). The Morgan fingerprint density at radius 1 is 1.06 bits per heavy atom. The fourth-order valence-corrected chi connectivity index (χ4v) is 4.75. The van der Waals surface area contributed by atoms with E-state index in [1.165, 1.54) is 16.9 Å². The van der Waals surface area contributed by atoms with Crippen LogP contribution in [0.5, 0.6) is 5.75 Å². The first-order valence-electron chi connectivity index (χ1n) is 11.1. The van der Waals surface area contributed by atoms with E-state index in [9.17, 15) is 9.59 Å². The highest BCUT2D eigenvalue weighted by molar-refractivity contribution is 7.14. The van der Waals surface area contributed by atoms with Crippen molar-refractivity contribution >= 4 is 34.1 Å². The van der Waals surface area contributed by atoms with E-state index in [2.05, 4.69) is 39.9 Å². The number of likely N-dealkylation sites (tertiary alicyclic amines) is 1. The number of thiazole rings is 1. The van der Waals surface area contributed by atoms with Gasteiger partial charge in [0.25, 0.3) is 0 Å². The highest BCUT2D eigenvalue weighted by atomic mass is 32.1. The lowest BCUT2D eigenvalue weighted by atomic mass is 9.90. The number of carbonyl (C=O) groups excluding carboxylic acids is 2. The van der Waals surface area contributed by atoms with Gasteiger partial charge in [0.1, 0.15) is 5.75 Å². The quantitative estimate of drug-likeness (QED) is 0.525. The third-order valence-corrected chi connectivity index (χ3v) is 6.60. The van der Waals surface area contributed by atoms with Crippen LogP contribution in [0.1, 0.15) is 24.1 Å². The van der Waals surface area contributed by atoms with Crippen molar-refractivity contribution in [3.8, 4) is 5.75 Å². The largest absolute Gasteiger partial charge is 0.495 e. The molecule has 7 nitrogen and oxygen atoms in total. The van der Waals surface area contributed by atoms with Crippen LogP contribution in [0.3, 0.4) is 0 Å². The molecule has 4 rings (SSSR count). The topological polar surface area (TPSA) is 83.6 Å². The highest BCUT2D eigenvalue weighted by Crippen LogP contribution is 2.25. The van der Waals surface area contributed by atoms with Gasteiger partial charge in [-0.25, -0.2) is 9.78 Å². The van der Waals surface area contributed by atoms with Crippen molar-refractivity contribution in [1.82, 2.24) is 9.88 Å². The number of para-hydroxylation sites is 2. The van der Waals surface area contributed by atoms with Gasteiger partial charge in [-0.2, -0.15) is 0 Å². The number of rotatable bonds is 7. The molecule has 2 heterocycles. The summed E-state index contributed by atoms with van der Waals surface area (Å²) in [6.07, 6.45) is 3.36. The lowest BCUT2D eigenvalue weighted by molar-refractivity contribution is -0.131. The van der Waals surface area contributed by atoms with E-state index in [4.69, 9.17) is 4.74 Å². The molecule has 0 radical (unpaired) electrons. The first kappa shape index (κ1) is 22.8. The summed E-state index contributed by atoms with van der Waals surface area (Å²) in [5.74, 6) is 1.28. The molecular weight excluding hydrogens is 436 g/mol. The van der Waals surface area contributed by atoms with Gasteiger partial charge < -0.3 is 15.0 Å². The van der Waals surface area contributed by atoms with E-state index in [0.29, 0.717) is 28.2 Å². The SMILES string of the molecule is COc1ccccc1NC(=O)Nc1nc(CC(=O)N2CCC(Cc3ccccc3)CC2)cs1. The van der Waals surface area contributed by atoms with E-state index >= 15 is 0 Å². The predicted molar refractivity (Wildman–Crippen MR) is 131 cm³/mol. The summed E-state index contributed by atoms with van der Waals surface area (Å²) < 4.78 is 5.24. The third kappa shape index (κ3) is 6.32. The van der Waals surface area contributed by atoms with Gasteiger partial charge in [-0.1, -0.05) is 42.5 Å². The Bertz CT molecular complexity index is 1080. The molecule has 1 aliphatic heterocycles. The zero-order valence-corrected chi connectivity index (χ0v) is 19.4. The van der Waals surface area contributed by atoms with Gasteiger partial charge in [-0.3, -0.25) is 10.1 Å². The molecule has 3 amide bonds. The minimum atomic E-state index is -0.410. The number of carbonyl (C=O) groups is 2. The summed E-state index contributed by atoms with van der Waals surface area (Å²) >= 11 is 1.30. The zero-order chi connectivity index (χ0) is 23.0. The van der Waals surface area contributed by atoms with Crippen molar-refractivity contribution in [2.24, 2.45) is 5.92 Å². The van der Waals surface area contributed by atoms with Crippen molar-refractivity contribution in [1.29, 1.82) is 0 Å². The van der Waals surface area contributed by atoms with E-state index in [-0.39, 0.29) is 12.3 Å². The van der Waals surface area contributed by atoms with Gasteiger partial charge in [-0.15, -0.1) is 11.3 Å². The number of amides is 3. The van der Waals surface area contributed by atoms with Crippen LogP contribution >= 0.6 is 11.3 Å². The number of benzene rings is 2. The van der Waals surface area contributed by atoms with Crippen molar-refractivity contribution < 1.29 is 14.3 Å². The minimum Gasteiger partial charge on any atom is -0.495 e. The van der Waals surface area contributed by atoms with Crippen LogP contribution in [0.2, 0.25) is 0 Å². The Morgan fingerprint density at radius 2 is 1.79 bits per heavy atom. The number of hydrogen-bond acceptors (Lipinski definition) is 5. The molecule has 1 fully saturated rings. The average Bonchev–Trinajstić information content (AvgIpc) is 3.27. The Morgan fingerprint density at radius 3 is 2.55 bits per heavy atom. The van der Waals surface area contributed by atoms with Gasteiger partial charge >= 0.3 is 6.03 Å². The lowest BCUT2D eigenvalue weighted by Crippen LogP contribution is -2.39. The van der Waals surface area contributed by atoms with Crippen LogP contribution in [-0.4, -0.2) is 42.0 Å². The number of piperidine rings is 1. The molecule has 1 saturated heterocycles. The normalized spacial score (nSPS) is 14.0. The molecule has 2 N–H and O–H groups in total. The molecule has 0 unspecified atom stereocenters. The monoisotopic (exact) mass is 464 g/mol. The molecule has 0 atom stereocenters. The molecule has 0 spiro atoms. The van der Waals surface area contributed by atoms with Gasteiger partial charge in [0.2, 0.25) is 5.91 Å². The molecule has 0 aliphatic carbocycles. The predicted octanol–water partition coefficient (Wildman–Crippen LogP) is 4.82. The Labute approximate surface area is 197 Å². The first-order chi connectivity index (χ1) is 16.1. The molecule has 3 aromatic rings. The third-order valence-electron chi connectivity index (χ3n) is 5.79. The van der Waals surface area contributed by atoms with Crippen LogP contribution in [0, 0.1) is 5.92 Å². The van der Waals surface area contributed by atoms with E-state index in [1.54, 1.807) is 19.2 Å². The molecular formula is C25H28N4O3S. The molecule has 1 aromatic heterocycles. The van der Waals surface area contributed by atoms with Crippen molar-refractivity contribution in [2.45, 2.75) is 25.7 Å². The van der Waals surface area contributed by atoms with Crippen molar-refractivity contribution in [3.63, 3.8) is 0 Å². The maximum atomic E-state index is 12.8. The summed E-state index contributed by atoms with van der Waals surface area (Å²) in [5.41, 5.74) is 2.60. The molecule has 1 aliphatic rings. The Hall–Kier alpha value is -3.39. The number of anilines is 2. The maximum Gasteiger partial charge on any atom is 0.325 e. The van der Waals surface area contributed by atoms with Crippen molar-refractivity contribution in [3.05, 3.63) is 71.2 Å². The summed E-state index contributed by atoms with van der Waals surface area (Å²) in [6, 6.07) is 17.3. The van der Waals surface area contributed by atoms with Gasteiger partial charge in [0, 0.05) is 18.5 Å². The van der Waals surface area contributed by atoms with Crippen LogP contribution in [0.4, 0.5) is 15.6 Å². The molecule has 33 heavy (non-hydrogen) atoms. The second kappa shape index (κ2) is 11.0. The van der Waals surface area contributed by atoms with E-state index in [1.807, 2.05) is 28.5 Å². The smallest absolute Gasteiger partial charge is 0.325 e. The highest BCUT2D eigenvalue weighted by Gasteiger charge is 2.23. The lowest BCUT2D eigenvalue weighted by Gasteiger charge is -2.32. The number of ether oxygens (including phenoxy) is 1. The number of nitrogens with one attached hydrogen (secondary N) is 2. The summed E-state index contributed by atoms with van der Waals surface area (Å²) in [6.45, 7) is 1.57. The van der Waals surface area contributed by atoms with E-state index < -0.39 is 6.03 Å². The second-order valence-corrected chi connectivity index (χ2v) is 8.97.